The topological polar surface area (TPSA) is 17.1 Å². The molecule has 0 heterocycles. The highest BCUT2D eigenvalue weighted by Crippen LogP contribution is 2.62. The van der Waals surface area contributed by atoms with Crippen LogP contribution in [0.3, 0.4) is 0 Å². The Kier molecular flexibility index (Phi) is 7.97. The van der Waals surface area contributed by atoms with Gasteiger partial charge in [-0.05, 0) is 87.3 Å². The van der Waals surface area contributed by atoms with Crippen LogP contribution < -0.4 is 5.30 Å². The maximum absolute atomic E-state index is 15.7. The quantitative estimate of drug-likeness (QED) is 0.173. The summed E-state index contributed by atoms with van der Waals surface area (Å²) in [6.07, 6.45) is 15.6. The number of benzene rings is 5. The van der Waals surface area contributed by atoms with E-state index >= 15 is 4.57 Å². The van der Waals surface area contributed by atoms with E-state index in [0.29, 0.717) is 0 Å². The second kappa shape index (κ2) is 12.5. The van der Waals surface area contributed by atoms with Crippen molar-refractivity contribution in [1.29, 1.82) is 0 Å². The molecule has 2 unspecified atom stereocenters. The molecule has 2 heteroatoms. The summed E-state index contributed by atoms with van der Waals surface area (Å²) in [6, 6.07) is 46.8. The Bertz CT molecular complexity index is 1960. The molecular weight excluding hydrogens is 551 g/mol. The van der Waals surface area contributed by atoms with E-state index in [2.05, 4.69) is 158 Å². The normalized spacial score (nSPS) is 17.4. The Morgan fingerprint density at radius 2 is 1.09 bits per heavy atom. The Hall–Kier alpha value is -4.71. The highest BCUT2D eigenvalue weighted by Gasteiger charge is 2.37. The highest BCUT2D eigenvalue weighted by molar-refractivity contribution is 7.76. The van der Waals surface area contributed by atoms with E-state index in [1.165, 1.54) is 22.3 Å². The second-order valence-corrected chi connectivity index (χ2v) is 14.6. The van der Waals surface area contributed by atoms with Crippen LogP contribution in [0.1, 0.15) is 24.8 Å². The number of rotatable bonds is 7. The van der Waals surface area contributed by atoms with Crippen LogP contribution in [0.15, 0.2) is 175 Å². The maximum Gasteiger partial charge on any atom is 0.146 e. The van der Waals surface area contributed by atoms with E-state index in [9.17, 15) is 0 Å². The summed E-state index contributed by atoms with van der Waals surface area (Å²) in [6.45, 7) is 0. The van der Waals surface area contributed by atoms with Crippen molar-refractivity contribution in [2.75, 3.05) is 0 Å². The summed E-state index contributed by atoms with van der Waals surface area (Å²) >= 11 is 0. The molecule has 5 aromatic carbocycles. The van der Waals surface area contributed by atoms with Crippen molar-refractivity contribution >= 4 is 18.0 Å². The van der Waals surface area contributed by atoms with Crippen LogP contribution in [0, 0.1) is 0 Å². The van der Waals surface area contributed by atoms with E-state index in [1.54, 1.807) is 0 Å². The fraction of sp³-hybridized carbons (Fsp3) is 0.0952. The van der Waals surface area contributed by atoms with Crippen LogP contribution in [0.5, 0.6) is 0 Å². The third kappa shape index (κ3) is 5.64. The van der Waals surface area contributed by atoms with Crippen molar-refractivity contribution in [2.45, 2.75) is 24.9 Å². The van der Waals surface area contributed by atoms with E-state index < -0.39 is 7.14 Å². The molecule has 7 rings (SSSR count). The molecule has 0 saturated heterocycles. The maximum atomic E-state index is 15.7. The first kappa shape index (κ1) is 28.1. The van der Waals surface area contributed by atoms with Gasteiger partial charge in [-0.3, -0.25) is 0 Å². The van der Waals surface area contributed by atoms with Gasteiger partial charge < -0.3 is 4.57 Å². The molecule has 0 N–H and O–H groups in total. The standard InChI is InChI=1S/C42H35OP/c43-44(40-24-8-3-9-25-40,41-26-12-22-38(30-41)36-20-10-18-34(28-36)32-14-4-1-5-15-32)42-27-13-23-39(31-42)37-21-11-19-35(29-37)33-16-6-2-7-17-33/h1-8,10-24,26,28-31,42H,9,25,27H2. The van der Waals surface area contributed by atoms with Crippen LogP contribution in [-0.4, -0.2) is 5.66 Å². The lowest BCUT2D eigenvalue weighted by Gasteiger charge is -2.31. The van der Waals surface area contributed by atoms with Gasteiger partial charge in [0.1, 0.15) is 7.14 Å². The summed E-state index contributed by atoms with van der Waals surface area (Å²) < 4.78 is 15.7. The summed E-state index contributed by atoms with van der Waals surface area (Å²) in [5, 5.41) is 2.01. The summed E-state index contributed by atoms with van der Waals surface area (Å²) in [4.78, 5) is 0. The largest absolute Gasteiger partial charge is 0.313 e. The first-order valence-electron chi connectivity index (χ1n) is 15.5. The van der Waals surface area contributed by atoms with Gasteiger partial charge in [-0.15, -0.1) is 0 Å². The van der Waals surface area contributed by atoms with Gasteiger partial charge in [-0.1, -0.05) is 152 Å². The van der Waals surface area contributed by atoms with Crippen molar-refractivity contribution in [3.63, 3.8) is 0 Å². The van der Waals surface area contributed by atoms with Crippen LogP contribution >= 0.6 is 7.14 Å². The molecule has 1 nitrogen and oxygen atoms in total. The van der Waals surface area contributed by atoms with Crippen molar-refractivity contribution in [1.82, 2.24) is 0 Å². The van der Waals surface area contributed by atoms with Crippen molar-refractivity contribution in [3.8, 4) is 33.4 Å². The van der Waals surface area contributed by atoms with Crippen molar-refractivity contribution in [2.24, 2.45) is 0 Å². The van der Waals surface area contributed by atoms with Crippen LogP contribution in [0.2, 0.25) is 0 Å². The first-order valence-corrected chi connectivity index (χ1v) is 17.2. The molecule has 0 bridgehead atoms. The Labute approximate surface area is 261 Å². The third-order valence-corrected chi connectivity index (χ3v) is 12.3. The minimum Gasteiger partial charge on any atom is -0.313 e. The average molecular weight is 587 g/mol. The van der Waals surface area contributed by atoms with Crippen LogP contribution in [0.4, 0.5) is 0 Å². The average Bonchev–Trinajstić information content (AvgIpc) is 3.12. The summed E-state index contributed by atoms with van der Waals surface area (Å²) in [7, 11) is -2.99. The highest BCUT2D eigenvalue weighted by atomic mass is 31.2. The number of allylic oxidation sites excluding steroid dienone is 8. The predicted octanol–water partition coefficient (Wildman–Crippen LogP) is 11.3. The first-order chi connectivity index (χ1) is 21.7. The third-order valence-electron chi connectivity index (χ3n) is 8.77. The van der Waals surface area contributed by atoms with E-state index in [0.717, 1.165) is 52.1 Å². The number of hydrogen-bond donors (Lipinski definition) is 0. The molecule has 0 saturated carbocycles. The zero-order valence-corrected chi connectivity index (χ0v) is 25.6. The van der Waals surface area contributed by atoms with E-state index in [4.69, 9.17) is 0 Å². The Balaban J connectivity index is 1.29. The lowest BCUT2D eigenvalue weighted by Crippen LogP contribution is -2.19. The monoisotopic (exact) mass is 586 g/mol. The molecule has 44 heavy (non-hydrogen) atoms. The molecule has 5 aromatic rings. The lowest BCUT2D eigenvalue weighted by atomic mass is 9.96. The van der Waals surface area contributed by atoms with Crippen LogP contribution in [0.25, 0.3) is 39.0 Å². The molecule has 0 aromatic heterocycles. The van der Waals surface area contributed by atoms with Crippen molar-refractivity contribution < 1.29 is 4.57 Å². The predicted molar refractivity (Wildman–Crippen MR) is 188 cm³/mol. The van der Waals surface area contributed by atoms with Crippen molar-refractivity contribution in [3.05, 3.63) is 181 Å². The zero-order chi connectivity index (χ0) is 29.8. The molecule has 0 spiro atoms. The molecule has 0 radical (unpaired) electrons. The van der Waals surface area contributed by atoms with Gasteiger partial charge in [0, 0.05) is 11.0 Å². The number of hydrogen-bond acceptors (Lipinski definition) is 1. The molecule has 214 valence electrons. The molecule has 2 aliphatic carbocycles. The molecule has 0 fully saturated rings. The molecule has 2 atom stereocenters. The summed E-state index contributed by atoms with van der Waals surface area (Å²) in [5.41, 5.74) is 9.18. The van der Waals surface area contributed by atoms with Gasteiger partial charge in [0.25, 0.3) is 0 Å². The van der Waals surface area contributed by atoms with Gasteiger partial charge in [-0.25, -0.2) is 0 Å². The zero-order valence-electron chi connectivity index (χ0n) is 24.7. The fourth-order valence-corrected chi connectivity index (χ4v) is 9.80. The molecule has 2 aliphatic rings. The SMILES string of the molecule is O=P(C1=CC=CCC1)(c1cccc(-c2cccc(-c3ccccc3)c2)c1)C1C=C(c2cccc(-c3ccccc3)c2)C=CC1. The van der Waals surface area contributed by atoms with Gasteiger partial charge in [0.05, 0.1) is 0 Å². The fourth-order valence-electron chi connectivity index (χ4n) is 6.46. The molecule has 0 amide bonds. The lowest BCUT2D eigenvalue weighted by molar-refractivity contribution is 0.578. The van der Waals surface area contributed by atoms with Crippen LogP contribution in [-0.2, 0) is 4.57 Å². The molecule has 0 aliphatic heterocycles. The second-order valence-electron chi connectivity index (χ2n) is 11.6. The van der Waals surface area contributed by atoms with E-state index in [-0.39, 0.29) is 5.66 Å². The summed E-state index contributed by atoms with van der Waals surface area (Å²) in [5.74, 6) is 0. The smallest absolute Gasteiger partial charge is 0.146 e. The van der Waals surface area contributed by atoms with Gasteiger partial charge in [-0.2, -0.15) is 0 Å². The Morgan fingerprint density at radius 3 is 1.73 bits per heavy atom. The van der Waals surface area contributed by atoms with Gasteiger partial charge in [0.15, 0.2) is 0 Å². The minimum atomic E-state index is -2.99. The molecular formula is C42H35OP. The minimum absolute atomic E-state index is 0.105. The Morgan fingerprint density at radius 1 is 0.545 bits per heavy atom. The van der Waals surface area contributed by atoms with Gasteiger partial charge in [0.2, 0.25) is 0 Å². The van der Waals surface area contributed by atoms with E-state index in [1.807, 2.05) is 12.1 Å². The van der Waals surface area contributed by atoms with Gasteiger partial charge >= 0.3 is 0 Å².